The summed E-state index contributed by atoms with van der Waals surface area (Å²) in [5, 5.41) is 5.44. The molecule has 0 aliphatic heterocycles. The number of hydrogen-bond acceptors (Lipinski definition) is 2. The van der Waals surface area contributed by atoms with Crippen LogP contribution in [0.15, 0.2) is 17.0 Å². The fourth-order valence-electron chi connectivity index (χ4n) is 0.935. The lowest BCUT2D eigenvalue weighted by Crippen LogP contribution is -2.13. The highest BCUT2D eigenvalue weighted by Crippen LogP contribution is 2.27. The molecule has 0 aromatic heterocycles. The summed E-state index contributed by atoms with van der Waals surface area (Å²) >= 11 is 11.3. The molecule has 3 nitrogen and oxygen atoms in total. The Kier molecular flexibility index (Phi) is 2.87. The number of benzene rings is 1. The Morgan fingerprint density at radius 2 is 1.69 bits per heavy atom. The zero-order valence-corrected chi connectivity index (χ0v) is 9.04. The normalized spacial score (nSPS) is 11.7. The number of halogens is 2. The number of hydrogen-bond donors (Lipinski definition) is 1. The Balaban J connectivity index is 3.50. The standard InChI is InChI=1S/C7H7Cl2NO2S/c1-4-2-5(8)6(9)3-7(4)13(10,11)12/h2-3H,1H3,(H2,10,11,12). The van der Waals surface area contributed by atoms with Crippen molar-refractivity contribution in [2.75, 3.05) is 0 Å². The molecule has 6 heteroatoms. The summed E-state index contributed by atoms with van der Waals surface area (Å²) in [6, 6.07) is 2.71. The lowest BCUT2D eigenvalue weighted by atomic mass is 10.2. The molecule has 0 fully saturated rings. The Morgan fingerprint density at radius 3 is 2.15 bits per heavy atom. The van der Waals surface area contributed by atoms with Gasteiger partial charge < -0.3 is 0 Å². The van der Waals surface area contributed by atoms with Gasteiger partial charge in [-0.05, 0) is 24.6 Å². The predicted octanol–water partition coefficient (Wildman–Crippen LogP) is 1.95. The van der Waals surface area contributed by atoms with Gasteiger partial charge in [-0.1, -0.05) is 23.2 Å². The van der Waals surface area contributed by atoms with Gasteiger partial charge in [-0.3, -0.25) is 0 Å². The van der Waals surface area contributed by atoms with Gasteiger partial charge in [0, 0.05) is 0 Å². The largest absolute Gasteiger partial charge is 0.238 e. The number of nitrogens with two attached hydrogens (primary N) is 1. The zero-order valence-electron chi connectivity index (χ0n) is 6.71. The van der Waals surface area contributed by atoms with E-state index in [4.69, 9.17) is 28.3 Å². The van der Waals surface area contributed by atoms with E-state index < -0.39 is 10.0 Å². The molecule has 1 aromatic carbocycles. The average Bonchev–Trinajstić information content (AvgIpc) is 1.94. The van der Waals surface area contributed by atoms with Gasteiger partial charge in [0.2, 0.25) is 10.0 Å². The maximum Gasteiger partial charge on any atom is 0.238 e. The van der Waals surface area contributed by atoms with Crippen LogP contribution in [0, 0.1) is 6.92 Å². The first-order valence-corrected chi connectivity index (χ1v) is 5.61. The van der Waals surface area contributed by atoms with Crippen LogP contribution in [0.25, 0.3) is 0 Å². The molecule has 0 amide bonds. The molecule has 13 heavy (non-hydrogen) atoms. The zero-order chi connectivity index (χ0) is 10.2. The van der Waals surface area contributed by atoms with Gasteiger partial charge >= 0.3 is 0 Å². The van der Waals surface area contributed by atoms with Crippen molar-refractivity contribution in [1.82, 2.24) is 0 Å². The van der Waals surface area contributed by atoms with Crippen molar-refractivity contribution in [3.05, 3.63) is 27.7 Å². The second kappa shape index (κ2) is 3.46. The number of sulfonamides is 1. The molecule has 0 heterocycles. The molecule has 0 unspecified atom stereocenters. The molecule has 0 saturated carbocycles. The third-order valence-corrected chi connectivity index (χ3v) is 3.30. The Morgan fingerprint density at radius 1 is 1.23 bits per heavy atom. The molecule has 0 aliphatic rings. The van der Waals surface area contributed by atoms with Crippen LogP contribution in [0.3, 0.4) is 0 Å². The van der Waals surface area contributed by atoms with Crippen molar-refractivity contribution >= 4 is 33.2 Å². The minimum absolute atomic E-state index is 0.00176. The topological polar surface area (TPSA) is 60.2 Å². The van der Waals surface area contributed by atoms with E-state index in [0.29, 0.717) is 10.6 Å². The van der Waals surface area contributed by atoms with Crippen LogP contribution in [0.1, 0.15) is 5.56 Å². The summed E-state index contributed by atoms with van der Waals surface area (Å²) < 4.78 is 22.0. The first kappa shape index (κ1) is 10.8. The maximum absolute atomic E-state index is 11.0. The molecule has 1 rings (SSSR count). The minimum atomic E-state index is -3.72. The monoisotopic (exact) mass is 239 g/mol. The summed E-state index contributed by atoms with van der Waals surface area (Å²) in [6.07, 6.45) is 0. The van der Waals surface area contributed by atoms with Gasteiger partial charge in [0.05, 0.1) is 14.9 Å². The van der Waals surface area contributed by atoms with Gasteiger partial charge in [0.25, 0.3) is 0 Å². The number of rotatable bonds is 1. The van der Waals surface area contributed by atoms with E-state index in [0.717, 1.165) is 0 Å². The molecule has 0 radical (unpaired) electrons. The molecule has 0 saturated heterocycles. The lowest BCUT2D eigenvalue weighted by molar-refractivity contribution is 0.597. The van der Waals surface area contributed by atoms with E-state index in [1.165, 1.54) is 12.1 Å². The Labute approximate surface area is 86.5 Å². The van der Waals surface area contributed by atoms with Crippen molar-refractivity contribution in [3.8, 4) is 0 Å². The fraction of sp³-hybridized carbons (Fsp3) is 0.143. The third kappa shape index (κ3) is 2.34. The van der Waals surface area contributed by atoms with Gasteiger partial charge in [-0.15, -0.1) is 0 Å². The Hall–Kier alpha value is -0.290. The molecule has 1 aromatic rings. The van der Waals surface area contributed by atoms with Crippen LogP contribution in [0.5, 0.6) is 0 Å². The number of primary sulfonamides is 1. The second-order valence-corrected chi connectivity index (χ2v) is 4.92. The first-order valence-electron chi connectivity index (χ1n) is 3.31. The van der Waals surface area contributed by atoms with E-state index in [-0.39, 0.29) is 9.92 Å². The van der Waals surface area contributed by atoms with Crippen LogP contribution in [-0.2, 0) is 10.0 Å². The maximum atomic E-state index is 11.0. The van der Waals surface area contributed by atoms with Crippen molar-refractivity contribution < 1.29 is 8.42 Å². The van der Waals surface area contributed by atoms with Crippen molar-refractivity contribution in [1.29, 1.82) is 0 Å². The SMILES string of the molecule is Cc1cc(Cl)c(Cl)cc1S(N)(=O)=O. The predicted molar refractivity (Wildman–Crippen MR) is 52.6 cm³/mol. The van der Waals surface area contributed by atoms with Crippen molar-refractivity contribution in [2.24, 2.45) is 5.14 Å². The van der Waals surface area contributed by atoms with Crippen LogP contribution < -0.4 is 5.14 Å². The molecular weight excluding hydrogens is 233 g/mol. The van der Waals surface area contributed by atoms with Gasteiger partial charge in [-0.25, -0.2) is 13.6 Å². The van der Waals surface area contributed by atoms with E-state index >= 15 is 0 Å². The van der Waals surface area contributed by atoms with Gasteiger partial charge in [0.15, 0.2) is 0 Å². The summed E-state index contributed by atoms with van der Waals surface area (Å²) in [5.41, 5.74) is 0.483. The van der Waals surface area contributed by atoms with Crippen molar-refractivity contribution in [3.63, 3.8) is 0 Å². The first-order chi connectivity index (χ1) is 5.82. The fourth-order valence-corrected chi connectivity index (χ4v) is 2.17. The van der Waals surface area contributed by atoms with Crippen molar-refractivity contribution in [2.45, 2.75) is 11.8 Å². The molecule has 72 valence electrons. The molecular formula is C7H7Cl2NO2S. The molecule has 2 N–H and O–H groups in total. The van der Waals surface area contributed by atoms with E-state index in [9.17, 15) is 8.42 Å². The Bertz CT molecular complexity index is 442. The molecule has 0 aliphatic carbocycles. The highest BCUT2D eigenvalue weighted by atomic mass is 35.5. The van der Waals surface area contributed by atoms with E-state index in [2.05, 4.69) is 0 Å². The quantitative estimate of drug-likeness (QED) is 0.815. The van der Waals surface area contributed by atoms with Crippen LogP contribution >= 0.6 is 23.2 Å². The van der Waals surface area contributed by atoms with Crippen LogP contribution in [0.2, 0.25) is 10.0 Å². The second-order valence-electron chi connectivity index (χ2n) is 2.58. The van der Waals surface area contributed by atoms with E-state index in [1.54, 1.807) is 6.92 Å². The van der Waals surface area contributed by atoms with Gasteiger partial charge in [-0.2, -0.15) is 0 Å². The lowest BCUT2D eigenvalue weighted by Gasteiger charge is -2.04. The minimum Gasteiger partial charge on any atom is -0.225 e. The van der Waals surface area contributed by atoms with Crippen LogP contribution in [0.4, 0.5) is 0 Å². The average molecular weight is 240 g/mol. The highest BCUT2D eigenvalue weighted by molar-refractivity contribution is 7.89. The number of aryl methyl sites for hydroxylation is 1. The summed E-state index contributed by atoms with van der Waals surface area (Å²) in [7, 11) is -3.72. The molecule has 0 bridgehead atoms. The summed E-state index contributed by atoms with van der Waals surface area (Å²) in [6.45, 7) is 1.60. The summed E-state index contributed by atoms with van der Waals surface area (Å²) in [5.74, 6) is 0. The smallest absolute Gasteiger partial charge is 0.225 e. The third-order valence-electron chi connectivity index (χ3n) is 1.52. The van der Waals surface area contributed by atoms with Crippen LogP contribution in [-0.4, -0.2) is 8.42 Å². The highest BCUT2D eigenvalue weighted by Gasteiger charge is 2.13. The molecule has 0 atom stereocenters. The van der Waals surface area contributed by atoms with E-state index in [1.807, 2.05) is 0 Å². The van der Waals surface area contributed by atoms with Gasteiger partial charge in [0.1, 0.15) is 0 Å². The summed E-state index contributed by atoms with van der Waals surface area (Å²) in [4.78, 5) is 0.00176. The molecule has 0 spiro atoms.